The second kappa shape index (κ2) is 8.50. The molecule has 0 aliphatic rings. The molecule has 0 bridgehead atoms. The summed E-state index contributed by atoms with van der Waals surface area (Å²) in [5, 5.41) is 9.97. The first-order valence-corrected chi connectivity index (χ1v) is 8.73. The number of aromatic nitrogens is 3. The van der Waals surface area contributed by atoms with Crippen molar-refractivity contribution in [3.05, 3.63) is 66.6 Å². The SMILES string of the molecule is CC(NC(=O)NCC(c1ccco1)N(C)C)c1ccc(-n2cncn2)cc1. The van der Waals surface area contributed by atoms with Crippen LogP contribution in [-0.4, -0.2) is 46.3 Å². The number of nitrogens with zero attached hydrogens (tertiary/aromatic N) is 4. The third kappa shape index (κ3) is 4.73. The van der Waals surface area contributed by atoms with Crippen LogP contribution in [0.1, 0.15) is 30.3 Å². The molecule has 2 N–H and O–H groups in total. The molecule has 8 nitrogen and oxygen atoms in total. The van der Waals surface area contributed by atoms with E-state index in [0.717, 1.165) is 17.0 Å². The summed E-state index contributed by atoms with van der Waals surface area (Å²) in [6.07, 6.45) is 4.77. The molecule has 2 atom stereocenters. The van der Waals surface area contributed by atoms with Crippen LogP contribution >= 0.6 is 0 Å². The maximum atomic E-state index is 12.3. The monoisotopic (exact) mass is 368 g/mol. The van der Waals surface area contributed by atoms with Gasteiger partial charge in [0.25, 0.3) is 0 Å². The van der Waals surface area contributed by atoms with E-state index in [-0.39, 0.29) is 18.1 Å². The Morgan fingerprint density at radius 3 is 2.63 bits per heavy atom. The van der Waals surface area contributed by atoms with E-state index in [1.807, 2.05) is 62.3 Å². The van der Waals surface area contributed by atoms with E-state index in [1.165, 1.54) is 6.33 Å². The number of urea groups is 1. The van der Waals surface area contributed by atoms with Crippen LogP contribution in [-0.2, 0) is 0 Å². The van der Waals surface area contributed by atoms with E-state index >= 15 is 0 Å². The lowest BCUT2D eigenvalue weighted by Crippen LogP contribution is -2.41. The van der Waals surface area contributed by atoms with Gasteiger partial charge in [-0.05, 0) is 50.8 Å². The average Bonchev–Trinajstić information content (AvgIpc) is 3.36. The van der Waals surface area contributed by atoms with Gasteiger partial charge in [-0.1, -0.05) is 12.1 Å². The van der Waals surface area contributed by atoms with Crippen LogP contribution in [0.2, 0.25) is 0 Å². The van der Waals surface area contributed by atoms with Crippen LogP contribution in [0.4, 0.5) is 4.79 Å². The zero-order chi connectivity index (χ0) is 19.2. The quantitative estimate of drug-likeness (QED) is 0.669. The molecule has 27 heavy (non-hydrogen) atoms. The van der Waals surface area contributed by atoms with E-state index in [1.54, 1.807) is 17.3 Å². The number of rotatable bonds is 7. The molecular formula is C19H24N6O2. The highest BCUT2D eigenvalue weighted by Gasteiger charge is 2.18. The number of benzene rings is 1. The van der Waals surface area contributed by atoms with Crippen molar-refractivity contribution in [1.82, 2.24) is 30.3 Å². The molecule has 0 spiro atoms. The van der Waals surface area contributed by atoms with Gasteiger partial charge < -0.3 is 15.1 Å². The fourth-order valence-corrected chi connectivity index (χ4v) is 2.80. The van der Waals surface area contributed by atoms with Gasteiger partial charge in [0.2, 0.25) is 0 Å². The minimum atomic E-state index is -0.221. The number of furan rings is 1. The lowest BCUT2D eigenvalue weighted by atomic mass is 10.1. The number of carbonyl (C=O) groups is 1. The Bertz CT molecular complexity index is 828. The highest BCUT2D eigenvalue weighted by atomic mass is 16.3. The van der Waals surface area contributed by atoms with Crippen LogP contribution < -0.4 is 10.6 Å². The molecule has 0 aliphatic heterocycles. The van der Waals surface area contributed by atoms with Gasteiger partial charge in [-0.2, -0.15) is 5.10 Å². The van der Waals surface area contributed by atoms with Gasteiger partial charge >= 0.3 is 6.03 Å². The molecule has 0 radical (unpaired) electrons. The molecule has 2 aromatic heterocycles. The van der Waals surface area contributed by atoms with E-state index in [9.17, 15) is 4.79 Å². The lowest BCUT2D eigenvalue weighted by Gasteiger charge is -2.23. The van der Waals surface area contributed by atoms with Crippen LogP contribution in [0.25, 0.3) is 5.69 Å². The van der Waals surface area contributed by atoms with Gasteiger partial charge in [0.05, 0.1) is 24.0 Å². The van der Waals surface area contributed by atoms with Crippen LogP contribution in [0.15, 0.2) is 59.7 Å². The topological polar surface area (TPSA) is 88.2 Å². The summed E-state index contributed by atoms with van der Waals surface area (Å²) < 4.78 is 7.14. The van der Waals surface area contributed by atoms with E-state index < -0.39 is 0 Å². The predicted octanol–water partition coefficient (Wildman–Crippen LogP) is 2.52. The van der Waals surface area contributed by atoms with Crippen molar-refractivity contribution in [3.63, 3.8) is 0 Å². The molecule has 3 aromatic rings. The summed E-state index contributed by atoms with van der Waals surface area (Å²) in [7, 11) is 3.90. The molecule has 2 amide bonds. The van der Waals surface area contributed by atoms with Gasteiger partial charge in [0.15, 0.2) is 0 Å². The fraction of sp³-hybridized carbons (Fsp3) is 0.316. The van der Waals surface area contributed by atoms with Crippen molar-refractivity contribution in [2.45, 2.75) is 19.0 Å². The highest BCUT2D eigenvalue weighted by molar-refractivity contribution is 5.74. The first-order chi connectivity index (χ1) is 13.0. The molecule has 2 unspecified atom stereocenters. The Morgan fingerprint density at radius 1 is 1.26 bits per heavy atom. The number of likely N-dealkylation sites (N-methyl/N-ethyl adjacent to an activating group) is 1. The lowest BCUT2D eigenvalue weighted by molar-refractivity contribution is 0.223. The largest absolute Gasteiger partial charge is 0.468 e. The van der Waals surface area contributed by atoms with Crippen LogP contribution in [0, 0.1) is 0 Å². The fourth-order valence-electron chi connectivity index (χ4n) is 2.80. The van der Waals surface area contributed by atoms with Crippen molar-refractivity contribution in [3.8, 4) is 5.69 Å². The van der Waals surface area contributed by atoms with Crippen molar-refractivity contribution < 1.29 is 9.21 Å². The third-order valence-corrected chi connectivity index (χ3v) is 4.37. The Morgan fingerprint density at radius 2 is 2.04 bits per heavy atom. The van der Waals surface area contributed by atoms with Crippen LogP contribution in [0.3, 0.4) is 0 Å². The summed E-state index contributed by atoms with van der Waals surface area (Å²) in [6.45, 7) is 2.39. The first-order valence-electron chi connectivity index (χ1n) is 8.73. The van der Waals surface area contributed by atoms with Gasteiger partial charge in [-0.15, -0.1) is 0 Å². The minimum Gasteiger partial charge on any atom is -0.468 e. The van der Waals surface area contributed by atoms with Crippen molar-refractivity contribution in [2.24, 2.45) is 0 Å². The maximum absolute atomic E-state index is 12.3. The van der Waals surface area contributed by atoms with E-state index in [2.05, 4.69) is 20.7 Å². The van der Waals surface area contributed by atoms with E-state index in [0.29, 0.717) is 6.54 Å². The summed E-state index contributed by atoms with van der Waals surface area (Å²) in [6, 6.07) is 11.2. The molecule has 0 fully saturated rings. The summed E-state index contributed by atoms with van der Waals surface area (Å²) in [5.74, 6) is 0.817. The Kier molecular flexibility index (Phi) is 5.87. The first kappa shape index (κ1) is 18.7. The number of nitrogens with one attached hydrogen (secondary N) is 2. The Labute approximate surface area is 158 Å². The standard InChI is InChI=1S/C19H24N6O2/c1-14(15-6-8-16(9-7-15)25-13-20-12-22-25)23-19(26)21-11-17(24(2)3)18-5-4-10-27-18/h4-10,12-14,17H,11H2,1-3H3,(H2,21,23,26). The molecule has 0 saturated heterocycles. The van der Waals surface area contributed by atoms with Gasteiger partial charge in [-0.3, -0.25) is 4.90 Å². The smallest absolute Gasteiger partial charge is 0.315 e. The average molecular weight is 368 g/mol. The molecule has 0 aliphatic carbocycles. The highest BCUT2D eigenvalue weighted by Crippen LogP contribution is 2.18. The van der Waals surface area contributed by atoms with Crippen molar-refractivity contribution in [2.75, 3.05) is 20.6 Å². The summed E-state index contributed by atoms with van der Waals surface area (Å²) in [5.41, 5.74) is 1.92. The number of carbonyl (C=O) groups excluding carboxylic acids is 1. The molecule has 2 heterocycles. The molecule has 1 aromatic carbocycles. The third-order valence-electron chi connectivity index (χ3n) is 4.37. The number of hydrogen-bond donors (Lipinski definition) is 2. The molecule has 142 valence electrons. The second-order valence-corrected chi connectivity index (χ2v) is 6.50. The van der Waals surface area contributed by atoms with Crippen LogP contribution in [0.5, 0.6) is 0 Å². The predicted molar refractivity (Wildman–Crippen MR) is 101 cm³/mol. The minimum absolute atomic E-state index is 0.0250. The summed E-state index contributed by atoms with van der Waals surface area (Å²) in [4.78, 5) is 18.2. The van der Waals surface area contributed by atoms with Gasteiger partial charge in [0.1, 0.15) is 18.4 Å². The molecule has 3 rings (SSSR count). The van der Waals surface area contributed by atoms with Crippen molar-refractivity contribution in [1.29, 1.82) is 0 Å². The number of hydrogen-bond acceptors (Lipinski definition) is 5. The van der Waals surface area contributed by atoms with Crippen molar-refractivity contribution >= 4 is 6.03 Å². The zero-order valence-corrected chi connectivity index (χ0v) is 15.7. The maximum Gasteiger partial charge on any atom is 0.315 e. The zero-order valence-electron chi connectivity index (χ0n) is 15.7. The Balaban J connectivity index is 1.54. The number of amides is 2. The normalized spacial score (nSPS) is 13.3. The van der Waals surface area contributed by atoms with Gasteiger partial charge in [0, 0.05) is 6.54 Å². The van der Waals surface area contributed by atoms with E-state index in [4.69, 9.17) is 4.42 Å². The van der Waals surface area contributed by atoms with Gasteiger partial charge in [-0.25, -0.2) is 14.5 Å². The summed E-state index contributed by atoms with van der Waals surface area (Å²) >= 11 is 0. The molecule has 8 heteroatoms. The second-order valence-electron chi connectivity index (χ2n) is 6.50. The Hall–Kier alpha value is -3.13. The molecular weight excluding hydrogens is 344 g/mol. The molecule has 0 saturated carbocycles.